The zero-order valence-electron chi connectivity index (χ0n) is 11.4. The molecule has 0 spiro atoms. The summed E-state index contributed by atoms with van der Waals surface area (Å²) in [4.78, 5) is 22.0. The van der Waals surface area contributed by atoms with Crippen LogP contribution in [0, 0.1) is 20.2 Å². The summed E-state index contributed by atoms with van der Waals surface area (Å²) in [6.45, 7) is 6.90. The van der Waals surface area contributed by atoms with Crippen LogP contribution in [0.25, 0.3) is 0 Å². The Morgan fingerprint density at radius 3 is 2.20 bits per heavy atom. The normalized spacial score (nSPS) is 10.6. The van der Waals surface area contributed by atoms with Crippen LogP contribution in [0.1, 0.15) is 13.8 Å². The molecule has 0 bridgehead atoms. The third kappa shape index (κ3) is 4.16. The summed E-state index contributed by atoms with van der Waals surface area (Å²) in [5.41, 5.74) is -1.10. The standard InChI is InChI=1S/C12H17N3O5/c1-3-13(4-2)7-8-20-10-5-6-11(14(16)17)12(9-10)15(18)19/h5-6,9H,3-4,7-8H2,1-2H3. The van der Waals surface area contributed by atoms with Crippen molar-refractivity contribution < 1.29 is 14.6 Å². The molecule has 1 rings (SSSR count). The molecular weight excluding hydrogens is 266 g/mol. The first kappa shape index (κ1) is 15.8. The van der Waals surface area contributed by atoms with Crippen LogP contribution in [0.5, 0.6) is 5.75 Å². The van der Waals surface area contributed by atoms with Gasteiger partial charge in [0.1, 0.15) is 12.4 Å². The molecule has 0 aliphatic heterocycles. The summed E-state index contributed by atoms with van der Waals surface area (Å²) < 4.78 is 5.40. The van der Waals surface area contributed by atoms with Gasteiger partial charge in [-0.05, 0) is 19.2 Å². The zero-order valence-corrected chi connectivity index (χ0v) is 11.4. The van der Waals surface area contributed by atoms with Crippen molar-refractivity contribution in [2.45, 2.75) is 13.8 Å². The van der Waals surface area contributed by atoms with Gasteiger partial charge in [0.25, 0.3) is 0 Å². The monoisotopic (exact) mass is 283 g/mol. The van der Waals surface area contributed by atoms with E-state index >= 15 is 0 Å². The molecule has 0 aliphatic carbocycles. The van der Waals surface area contributed by atoms with E-state index in [0.717, 1.165) is 25.2 Å². The van der Waals surface area contributed by atoms with Gasteiger partial charge >= 0.3 is 11.4 Å². The van der Waals surface area contributed by atoms with Gasteiger partial charge in [0.15, 0.2) is 0 Å². The number of rotatable bonds is 8. The second kappa shape index (κ2) is 7.39. The summed E-state index contributed by atoms with van der Waals surface area (Å²) in [7, 11) is 0. The molecule has 1 aromatic carbocycles. The first-order chi connectivity index (χ1) is 9.49. The van der Waals surface area contributed by atoms with Crippen LogP contribution in [0.4, 0.5) is 11.4 Å². The highest BCUT2D eigenvalue weighted by molar-refractivity contribution is 5.55. The molecule has 110 valence electrons. The summed E-state index contributed by atoms with van der Waals surface area (Å²) in [6.07, 6.45) is 0. The zero-order chi connectivity index (χ0) is 15.1. The molecule has 8 nitrogen and oxygen atoms in total. The Bertz CT molecular complexity index is 488. The summed E-state index contributed by atoms with van der Waals surface area (Å²) >= 11 is 0. The van der Waals surface area contributed by atoms with Gasteiger partial charge in [-0.15, -0.1) is 0 Å². The number of benzene rings is 1. The van der Waals surface area contributed by atoms with Crippen LogP contribution < -0.4 is 4.74 Å². The Labute approximate surface area is 116 Å². The Hall–Kier alpha value is -2.22. The lowest BCUT2D eigenvalue weighted by atomic mass is 10.2. The van der Waals surface area contributed by atoms with E-state index in [4.69, 9.17) is 4.74 Å². The number of hydrogen-bond donors (Lipinski definition) is 0. The molecule has 0 amide bonds. The molecule has 0 aliphatic rings. The highest BCUT2D eigenvalue weighted by atomic mass is 16.6. The Kier molecular flexibility index (Phi) is 5.85. The van der Waals surface area contributed by atoms with Crippen LogP contribution in [-0.4, -0.2) is 41.0 Å². The number of hydrogen-bond acceptors (Lipinski definition) is 6. The first-order valence-electron chi connectivity index (χ1n) is 6.27. The average Bonchev–Trinajstić information content (AvgIpc) is 2.43. The van der Waals surface area contributed by atoms with Gasteiger partial charge in [-0.3, -0.25) is 20.2 Å². The van der Waals surface area contributed by atoms with Crippen LogP contribution in [0.3, 0.4) is 0 Å². The maximum Gasteiger partial charge on any atom is 0.349 e. The van der Waals surface area contributed by atoms with Gasteiger partial charge in [0.2, 0.25) is 0 Å². The maximum atomic E-state index is 10.8. The number of nitro benzene ring substituents is 2. The molecule has 8 heteroatoms. The second-order valence-corrected chi connectivity index (χ2v) is 4.04. The fourth-order valence-corrected chi connectivity index (χ4v) is 1.73. The molecule has 0 fully saturated rings. The lowest BCUT2D eigenvalue weighted by molar-refractivity contribution is -0.422. The maximum absolute atomic E-state index is 10.8. The van der Waals surface area contributed by atoms with Crippen molar-refractivity contribution in [2.75, 3.05) is 26.2 Å². The molecule has 0 unspecified atom stereocenters. The number of nitrogens with zero attached hydrogens (tertiary/aromatic N) is 3. The molecule has 0 N–H and O–H groups in total. The van der Waals surface area contributed by atoms with E-state index in [9.17, 15) is 20.2 Å². The average molecular weight is 283 g/mol. The lowest BCUT2D eigenvalue weighted by Gasteiger charge is -2.17. The number of likely N-dealkylation sites (N-methyl/N-ethyl adjacent to an activating group) is 1. The minimum absolute atomic E-state index is 0.259. The van der Waals surface area contributed by atoms with E-state index in [1.165, 1.54) is 6.07 Å². The van der Waals surface area contributed by atoms with Crippen LogP contribution in [-0.2, 0) is 0 Å². The summed E-state index contributed by atoms with van der Waals surface area (Å²) in [5, 5.41) is 21.5. The second-order valence-electron chi connectivity index (χ2n) is 4.04. The predicted octanol–water partition coefficient (Wildman–Crippen LogP) is 2.22. The fraction of sp³-hybridized carbons (Fsp3) is 0.500. The van der Waals surface area contributed by atoms with Crippen molar-refractivity contribution in [3.8, 4) is 5.75 Å². The third-order valence-corrected chi connectivity index (χ3v) is 2.91. The SMILES string of the molecule is CCN(CC)CCOc1ccc([N+](=O)[O-])c([N+](=O)[O-])c1. The van der Waals surface area contributed by atoms with Gasteiger partial charge in [0.05, 0.1) is 15.9 Å². The van der Waals surface area contributed by atoms with Gasteiger partial charge in [-0.25, -0.2) is 0 Å². The van der Waals surface area contributed by atoms with Gasteiger partial charge in [-0.2, -0.15) is 0 Å². The fourth-order valence-electron chi connectivity index (χ4n) is 1.73. The molecule has 20 heavy (non-hydrogen) atoms. The van der Waals surface area contributed by atoms with E-state index in [0.29, 0.717) is 13.2 Å². The quantitative estimate of drug-likeness (QED) is 0.535. The van der Waals surface area contributed by atoms with Crippen molar-refractivity contribution in [1.82, 2.24) is 4.90 Å². The van der Waals surface area contributed by atoms with Crippen molar-refractivity contribution in [3.05, 3.63) is 38.4 Å². The van der Waals surface area contributed by atoms with E-state index in [-0.39, 0.29) is 5.75 Å². The summed E-state index contributed by atoms with van der Waals surface area (Å²) in [5.74, 6) is 0.259. The van der Waals surface area contributed by atoms with Crippen molar-refractivity contribution in [2.24, 2.45) is 0 Å². The minimum atomic E-state index is -0.782. The Morgan fingerprint density at radius 1 is 1.10 bits per heavy atom. The molecule has 1 aromatic rings. The van der Waals surface area contributed by atoms with Crippen LogP contribution >= 0.6 is 0 Å². The van der Waals surface area contributed by atoms with Gasteiger partial charge in [0, 0.05) is 12.6 Å². The first-order valence-corrected chi connectivity index (χ1v) is 6.27. The molecule has 0 saturated heterocycles. The molecule has 0 aromatic heterocycles. The highest BCUT2D eigenvalue weighted by Crippen LogP contribution is 2.30. The Morgan fingerprint density at radius 2 is 1.70 bits per heavy atom. The topological polar surface area (TPSA) is 98.8 Å². The molecule has 0 atom stereocenters. The Balaban J connectivity index is 2.75. The predicted molar refractivity (Wildman–Crippen MR) is 73.0 cm³/mol. The summed E-state index contributed by atoms with van der Waals surface area (Å²) in [6, 6.07) is 3.54. The molecular formula is C12H17N3O5. The smallest absolute Gasteiger partial charge is 0.349 e. The third-order valence-electron chi connectivity index (χ3n) is 2.91. The number of nitro groups is 2. The van der Waals surface area contributed by atoms with Crippen LogP contribution in [0.15, 0.2) is 18.2 Å². The molecule has 0 heterocycles. The van der Waals surface area contributed by atoms with Gasteiger partial charge < -0.3 is 9.64 Å². The minimum Gasteiger partial charge on any atom is -0.492 e. The largest absolute Gasteiger partial charge is 0.492 e. The van der Waals surface area contributed by atoms with Gasteiger partial charge in [-0.1, -0.05) is 13.8 Å². The van der Waals surface area contributed by atoms with Crippen molar-refractivity contribution >= 4 is 11.4 Å². The van der Waals surface area contributed by atoms with Crippen molar-refractivity contribution in [3.63, 3.8) is 0 Å². The highest BCUT2D eigenvalue weighted by Gasteiger charge is 2.24. The molecule has 0 radical (unpaired) electrons. The lowest BCUT2D eigenvalue weighted by Crippen LogP contribution is -2.27. The van der Waals surface area contributed by atoms with E-state index < -0.39 is 21.2 Å². The van der Waals surface area contributed by atoms with Crippen LogP contribution in [0.2, 0.25) is 0 Å². The van der Waals surface area contributed by atoms with Crippen molar-refractivity contribution in [1.29, 1.82) is 0 Å². The van der Waals surface area contributed by atoms with E-state index in [1.54, 1.807) is 0 Å². The number of ether oxygens (including phenoxy) is 1. The van der Waals surface area contributed by atoms with E-state index in [1.807, 2.05) is 13.8 Å². The molecule has 0 saturated carbocycles. The van der Waals surface area contributed by atoms with E-state index in [2.05, 4.69) is 4.90 Å².